The van der Waals surface area contributed by atoms with Gasteiger partial charge < -0.3 is 9.64 Å². The van der Waals surface area contributed by atoms with Gasteiger partial charge in [0, 0.05) is 19.0 Å². The minimum atomic E-state index is -4.47. The van der Waals surface area contributed by atoms with Crippen LogP contribution in [0.5, 0.6) is 0 Å². The second kappa shape index (κ2) is 5.38. The molecule has 5 nitrogen and oxygen atoms in total. The van der Waals surface area contributed by atoms with Crippen molar-refractivity contribution in [2.75, 3.05) is 24.2 Å². The quantitative estimate of drug-likeness (QED) is 0.826. The molecule has 1 aliphatic rings. The number of hydrogen-bond acceptors (Lipinski definition) is 5. The lowest BCUT2D eigenvalue weighted by Crippen LogP contribution is -2.57. The molecule has 0 aromatic carbocycles. The SMILES string of the molecule is CC1(C)CN(c2ccc(S(C)(=O)=O)cn2)CC(C(F)(F)F)O1. The maximum Gasteiger partial charge on any atom is 0.416 e. The molecule has 1 aromatic heterocycles. The van der Waals surface area contributed by atoms with Crippen molar-refractivity contribution in [3.05, 3.63) is 18.3 Å². The molecule has 0 amide bonds. The molecule has 0 radical (unpaired) electrons. The number of morpholine rings is 1. The van der Waals surface area contributed by atoms with E-state index in [0.29, 0.717) is 0 Å². The number of anilines is 1. The molecular weight excluding hydrogens is 321 g/mol. The lowest BCUT2D eigenvalue weighted by molar-refractivity contribution is -0.251. The van der Waals surface area contributed by atoms with Crippen LogP contribution in [0.4, 0.5) is 19.0 Å². The van der Waals surface area contributed by atoms with Crippen LogP contribution in [0.2, 0.25) is 0 Å². The van der Waals surface area contributed by atoms with E-state index in [1.165, 1.54) is 17.0 Å². The van der Waals surface area contributed by atoms with Crippen LogP contribution in [-0.4, -0.2) is 50.6 Å². The number of hydrogen-bond donors (Lipinski definition) is 0. The molecule has 1 fully saturated rings. The lowest BCUT2D eigenvalue weighted by Gasteiger charge is -2.43. The molecule has 2 rings (SSSR count). The molecular formula is C13H17F3N2O3S. The Bertz CT molecular complexity index is 641. The second-order valence-electron chi connectivity index (χ2n) is 5.91. The number of nitrogens with zero attached hydrogens (tertiary/aromatic N) is 2. The van der Waals surface area contributed by atoms with Gasteiger partial charge in [-0.2, -0.15) is 13.2 Å². The van der Waals surface area contributed by atoms with Crippen LogP contribution in [0.15, 0.2) is 23.2 Å². The van der Waals surface area contributed by atoms with Crippen molar-refractivity contribution in [2.24, 2.45) is 0 Å². The number of alkyl halides is 3. The van der Waals surface area contributed by atoms with Crippen molar-refractivity contribution < 1.29 is 26.3 Å². The molecule has 1 unspecified atom stereocenters. The fraction of sp³-hybridized carbons (Fsp3) is 0.615. The summed E-state index contributed by atoms with van der Waals surface area (Å²) in [6, 6.07) is 2.74. The van der Waals surface area contributed by atoms with E-state index in [2.05, 4.69) is 4.98 Å². The highest BCUT2D eigenvalue weighted by Gasteiger charge is 2.48. The summed E-state index contributed by atoms with van der Waals surface area (Å²) in [4.78, 5) is 5.45. The monoisotopic (exact) mass is 338 g/mol. The zero-order chi connectivity index (χ0) is 16.8. The van der Waals surface area contributed by atoms with E-state index < -0.39 is 27.7 Å². The minimum absolute atomic E-state index is 0.0242. The molecule has 0 bridgehead atoms. The third-order valence-electron chi connectivity index (χ3n) is 3.26. The molecule has 1 saturated heterocycles. The maximum absolute atomic E-state index is 12.9. The summed E-state index contributed by atoms with van der Waals surface area (Å²) in [5, 5.41) is 0. The summed E-state index contributed by atoms with van der Waals surface area (Å²) in [5.41, 5.74) is -0.990. The smallest absolute Gasteiger partial charge is 0.359 e. The summed E-state index contributed by atoms with van der Waals surface area (Å²) in [5.74, 6) is 0.290. The van der Waals surface area contributed by atoms with Crippen LogP contribution in [0, 0.1) is 0 Å². The van der Waals surface area contributed by atoms with E-state index in [1.807, 2.05) is 0 Å². The highest BCUT2D eigenvalue weighted by Crippen LogP contribution is 2.33. The van der Waals surface area contributed by atoms with Gasteiger partial charge in [0.1, 0.15) is 5.82 Å². The first kappa shape index (κ1) is 17.0. The van der Waals surface area contributed by atoms with Crippen molar-refractivity contribution >= 4 is 15.7 Å². The summed E-state index contributed by atoms with van der Waals surface area (Å²) in [6.45, 7) is 2.99. The van der Waals surface area contributed by atoms with Crippen molar-refractivity contribution in [2.45, 2.75) is 36.6 Å². The molecule has 1 atom stereocenters. The Morgan fingerprint density at radius 1 is 1.36 bits per heavy atom. The first-order valence-corrected chi connectivity index (χ1v) is 8.43. The molecule has 2 heterocycles. The standard InChI is InChI=1S/C13H17F3N2O3S/c1-12(2)8-18(7-10(21-12)13(14,15)16)11-5-4-9(6-17-11)22(3,19)20/h4-6,10H,7-8H2,1-3H3. The van der Waals surface area contributed by atoms with Gasteiger partial charge in [-0.25, -0.2) is 13.4 Å². The van der Waals surface area contributed by atoms with Gasteiger partial charge in [0.05, 0.1) is 17.0 Å². The van der Waals surface area contributed by atoms with Crippen LogP contribution < -0.4 is 4.90 Å². The molecule has 0 saturated carbocycles. The third-order valence-corrected chi connectivity index (χ3v) is 4.35. The Kier molecular flexibility index (Phi) is 4.16. The molecule has 9 heteroatoms. The van der Waals surface area contributed by atoms with E-state index in [-0.39, 0.29) is 23.8 Å². The number of pyridine rings is 1. The molecule has 1 aliphatic heterocycles. The van der Waals surface area contributed by atoms with Gasteiger partial charge in [-0.1, -0.05) is 0 Å². The Labute approximate surface area is 127 Å². The molecule has 124 valence electrons. The van der Waals surface area contributed by atoms with Gasteiger partial charge in [0.15, 0.2) is 15.9 Å². The Balaban J connectivity index is 2.27. The Hall–Kier alpha value is -1.35. The number of sulfone groups is 1. The molecule has 0 spiro atoms. The van der Waals surface area contributed by atoms with E-state index in [0.717, 1.165) is 12.5 Å². The van der Waals surface area contributed by atoms with E-state index in [1.54, 1.807) is 13.8 Å². The first-order chi connectivity index (χ1) is 9.88. The van der Waals surface area contributed by atoms with Crippen LogP contribution in [0.1, 0.15) is 13.8 Å². The van der Waals surface area contributed by atoms with Gasteiger partial charge in [0.25, 0.3) is 0 Å². The van der Waals surface area contributed by atoms with Crippen LogP contribution >= 0.6 is 0 Å². The van der Waals surface area contributed by atoms with Gasteiger partial charge >= 0.3 is 6.18 Å². The minimum Gasteiger partial charge on any atom is -0.359 e. The van der Waals surface area contributed by atoms with Crippen molar-refractivity contribution in [3.8, 4) is 0 Å². The first-order valence-electron chi connectivity index (χ1n) is 6.54. The lowest BCUT2D eigenvalue weighted by atomic mass is 10.0. The average molecular weight is 338 g/mol. The van der Waals surface area contributed by atoms with Crippen LogP contribution in [-0.2, 0) is 14.6 Å². The predicted molar refractivity (Wildman–Crippen MR) is 74.6 cm³/mol. The fourth-order valence-electron chi connectivity index (χ4n) is 2.31. The van der Waals surface area contributed by atoms with Gasteiger partial charge in [-0.15, -0.1) is 0 Å². The van der Waals surface area contributed by atoms with Crippen molar-refractivity contribution in [1.29, 1.82) is 0 Å². The molecule has 0 aliphatic carbocycles. The van der Waals surface area contributed by atoms with Crippen LogP contribution in [0.25, 0.3) is 0 Å². The average Bonchev–Trinajstić information content (AvgIpc) is 2.35. The maximum atomic E-state index is 12.9. The van der Waals surface area contributed by atoms with E-state index in [4.69, 9.17) is 4.74 Å². The second-order valence-corrected chi connectivity index (χ2v) is 7.93. The van der Waals surface area contributed by atoms with Gasteiger partial charge in [-0.3, -0.25) is 0 Å². The van der Waals surface area contributed by atoms with E-state index in [9.17, 15) is 21.6 Å². The summed E-state index contributed by atoms with van der Waals surface area (Å²) >= 11 is 0. The van der Waals surface area contributed by atoms with Crippen molar-refractivity contribution in [3.63, 3.8) is 0 Å². The molecule has 0 N–H and O–H groups in total. The Morgan fingerprint density at radius 3 is 2.45 bits per heavy atom. The van der Waals surface area contributed by atoms with E-state index >= 15 is 0 Å². The molecule has 1 aromatic rings. The highest BCUT2D eigenvalue weighted by atomic mass is 32.2. The largest absolute Gasteiger partial charge is 0.416 e. The predicted octanol–water partition coefficient (Wildman–Crippen LogP) is 2.03. The van der Waals surface area contributed by atoms with Gasteiger partial charge in [0.2, 0.25) is 0 Å². The highest BCUT2D eigenvalue weighted by molar-refractivity contribution is 7.90. The van der Waals surface area contributed by atoms with Gasteiger partial charge in [-0.05, 0) is 26.0 Å². The Morgan fingerprint density at radius 2 is 2.00 bits per heavy atom. The zero-order valence-corrected chi connectivity index (χ0v) is 13.2. The third kappa shape index (κ3) is 3.89. The zero-order valence-electron chi connectivity index (χ0n) is 12.4. The summed E-state index contributed by atoms with van der Waals surface area (Å²) < 4.78 is 66.7. The summed E-state index contributed by atoms with van der Waals surface area (Å²) in [6.07, 6.45) is -4.19. The number of aromatic nitrogens is 1. The fourth-order valence-corrected chi connectivity index (χ4v) is 2.87. The number of rotatable bonds is 2. The normalized spacial score (nSPS) is 22.6. The number of halogens is 3. The van der Waals surface area contributed by atoms with Crippen LogP contribution in [0.3, 0.4) is 0 Å². The topological polar surface area (TPSA) is 59.5 Å². The number of ether oxygens (including phenoxy) is 1. The summed E-state index contributed by atoms with van der Waals surface area (Å²) in [7, 11) is -3.39. The van der Waals surface area contributed by atoms with Crippen molar-refractivity contribution in [1.82, 2.24) is 4.98 Å². The molecule has 22 heavy (non-hydrogen) atoms.